The third-order valence-corrected chi connectivity index (χ3v) is 5.11. The highest BCUT2D eigenvalue weighted by molar-refractivity contribution is 5.81. The first-order valence-electron chi connectivity index (χ1n) is 8.75. The SMILES string of the molecule is CC(=O)N1CCCC(C(=O)N2CC(OCc3ccccc3C)C2)C1. The van der Waals surface area contributed by atoms with Gasteiger partial charge in [0.05, 0.1) is 18.6 Å². The Balaban J connectivity index is 1.43. The maximum absolute atomic E-state index is 12.6. The molecule has 0 bridgehead atoms. The van der Waals surface area contributed by atoms with Gasteiger partial charge in [0.15, 0.2) is 0 Å². The van der Waals surface area contributed by atoms with Crippen LogP contribution in [0.5, 0.6) is 0 Å². The van der Waals surface area contributed by atoms with Crippen molar-refractivity contribution < 1.29 is 14.3 Å². The Morgan fingerprint density at radius 2 is 1.92 bits per heavy atom. The van der Waals surface area contributed by atoms with E-state index in [2.05, 4.69) is 19.1 Å². The van der Waals surface area contributed by atoms with Crippen LogP contribution in [-0.4, -0.2) is 53.9 Å². The van der Waals surface area contributed by atoms with E-state index in [1.54, 1.807) is 11.8 Å². The van der Waals surface area contributed by atoms with Gasteiger partial charge in [-0.05, 0) is 30.9 Å². The molecule has 24 heavy (non-hydrogen) atoms. The highest BCUT2D eigenvalue weighted by Gasteiger charge is 2.37. The Kier molecular flexibility index (Phi) is 5.19. The monoisotopic (exact) mass is 330 g/mol. The van der Waals surface area contributed by atoms with Gasteiger partial charge in [0.2, 0.25) is 11.8 Å². The Labute approximate surface area is 143 Å². The minimum Gasteiger partial charge on any atom is -0.370 e. The fourth-order valence-electron chi connectivity index (χ4n) is 3.43. The molecule has 0 saturated carbocycles. The molecular formula is C19H26N2O3. The molecule has 1 aromatic rings. The Morgan fingerprint density at radius 1 is 1.17 bits per heavy atom. The van der Waals surface area contributed by atoms with Crippen LogP contribution >= 0.6 is 0 Å². The van der Waals surface area contributed by atoms with Crippen molar-refractivity contribution in [2.24, 2.45) is 5.92 Å². The Hall–Kier alpha value is -1.88. The molecule has 1 aromatic carbocycles. The fraction of sp³-hybridized carbons (Fsp3) is 0.579. The number of hydrogen-bond acceptors (Lipinski definition) is 3. The van der Waals surface area contributed by atoms with Gasteiger partial charge in [0.1, 0.15) is 0 Å². The summed E-state index contributed by atoms with van der Waals surface area (Å²) in [4.78, 5) is 27.7. The van der Waals surface area contributed by atoms with Crippen molar-refractivity contribution in [1.29, 1.82) is 0 Å². The number of benzene rings is 1. The minimum absolute atomic E-state index is 0.0417. The average Bonchev–Trinajstić information content (AvgIpc) is 2.54. The summed E-state index contributed by atoms with van der Waals surface area (Å²) in [5.74, 6) is 0.201. The van der Waals surface area contributed by atoms with Gasteiger partial charge in [-0.15, -0.1) is 0 Å². The highest BCUT2D eigenvalue weighted by atomic mass is 16.5. The first kappa shape index (κ1) is 17.0. The number of aryl methyl sites for hydroxylation is 1. The lowest BCUT2D eigenvalue weighted by molar-refractivity contribution is -0.153. The van der Waals surface area contributed by atoms with E-state index in [0.29, 0.717) is 26.2 Å². The van der Waals surface area contributed by atoms with Crippen LogP contribution in [0.15, 0.2) is 24.3 Å². The maximum Gasteiger partial charge on any atom is 0.227 e. The number of carbonyl (C=O) groups is 2. The summed E-state index contributed by atoms with van der Waals surface area (Å²) in [6, 6.07) is 8.21. The van der Waals surface area contributed by atoms with E-state index in [1.807, 2.05) is 17.0 Å². The second kappa shape index (κ2) is 7.34. The average molecular weight is 330 g/mol. The normalized spacial score (nSPS) is 21.5. The van der Waals surface area contributed by atoms with Crippen LogP contribution in [0.4, 0.5) is 0 Å². The molecule has 5 nitrogen and oxygen atoms in total. The number of likely N-dealkylation sites (tertiary alicyclic amines) is 2. The molecule has 0 spiro atoms. The summed E-state index contributed by atoms with van der Waals surface area (Å²) in [6.45, 7) is 6.94. The second-order valence-electron chi connectivity index (χ2n) is 6.91. The topological polar surface area (TPSA) is 49.9 Å². The molecule has 2 heterocycles. The van der Waals surface area contributed by atoms with Crippen molar-refractivity contribution in [1.82, 2.24) is 9.80 Å². The smallest absolute Gasteiger partial charge is 0.227 e. The van der Waals surface area contributed by atoms with E-state index in [4.69, 9.17) is 4.74 Å². The minimum atomic E-state index is -0.0417. The van der Waals surface area contributed by atoms with Gasteiger partial charge in [-0.2, -0.15) is 0 Å². The number of carbonyl (C=O) groups excluding carboxylic acids is 2. The van der Waals surface area contributed by atoms with E-state index < -0.39 is 0 Å². The van der Waals surface area contributed by atoms with Crippen molar-refractivity contribution in [2.75, 3.05) is 26.2 Å². The fourth-order valence-corrected chi connectivity index (χ4v) is 3.43. The molecule has 1 unspecified atom stereocenters. The lowest BCUT2D eigenvalue weighted by Crippen LogP contribution is -2.58. The zero-order valence-corrected chi connectivity index (χ0v) is 14.5. The van der Waals surface area contributed by atoms with Crippen LogP contribution in [0.25, 0.3) is 0 Å². The second-order valence-corrected chi connectivity index (χ2v) is 6.91. The molecule has 2 aliphatic rings. The molecule has 0 aliphatic carbocycles. The van der Waals surface area contributed by atoms with Crippen molar-refractivity contribution in [3.05, 3.63) is 35.4 Å². The van der Waals surface area contributed by atoms with Crippen molar-refractivity contribution >= 4 is 11.8 Å². The van der Waals surface area contributed by atoms with E-state index in [1.165, 1.54) is 11.1 Å². The van der Waals surface area contributed by atoms with Gasteiger partial charge in [-0.25, -0.2) is 0 Å². The van der Waals surface area contributed by atoms with Crippen molar-refractivity contribution in [3.63, 3.8) is 0 Å². The molecule has 130 valence electrons. The summed E-state index contributed by atoms with van der Waals surface area (Å²) in [5, 5.41) is 0. The maximum atomic E-state index is 12.6. The molecule has 1 atom stereocenters. The van der Waals surface area contributed by atoms with Crippen LogP contribution < -0.4 is 0 Å². The number of hydrogen-bond donors (Lipinski definition) is 0. The van der Waals surface area contributed by atoms with Gasteiger partial charge >= 0.3 is 0 Å². The first-order valence-corrected chi connectivity index (χ1v) is 8.75. The standard InChI is InChI=1S/C19H26N2O3/c1-14-6-3-4-7-17(14)13-24-18-11-21(12-18)19(23)16-8-5-9-20(10-16)15(2)22/h3-4,6-7,16,18H,5,8-13H2,1-2H3. The van der Waals surface area contributed by atoms with Gasteiger partial charge < -0.3 is 14.5 Å². The Bertz CT molecular complexity index is 610. The third-order valence-electron chi connectivity index (χ3n) is 5.11. The lowest BCUT2D eigenvalue weighted by atomic mass is 9.95. The van der Waals surface area contributed by atoms with Gasteiger partial charge in [0.25, 0.3) is 0 Å². The molecule has 2 amide bonds. The number of ether oxygens (including phenoxy) is 1. The van der Waals surface area contributed by atoms with Gasteiger partial charge in [-0.3, -0.25) is 9.59 Å². The van der Waals surface area contributed by atoms with Gasteiger partial charge in [0, 0.05) is 33.1 Å². The predicted octanol–water partition coefficient (Wildman–Crippen LogP) is 1.98. The molecule has 3 rings (SSSR count). The molecule has 2 aliphatic heterocycles. The van der Waals surface area contributed by atoms with Gasteiger partial charge in [-0.1, -0.05) is 24.3 Å². The summed E-state index contributed by atoms with van der Waals surface area (Å²) in [5.41, 5.74) is 2.43. The quantitative estimate of drug-likeness (QED) is 0.848. The number of amides is 2. The first-order chi connectivity index (χ1) is 11.5. The van der Waals surface area contributed by atoms with Crippen LogP contribution in [-0.2, 0) is 20.9 Å². The van der Waals surface area contributed by atoms with E-state index in [-0.39, 0.29) is 23.8 Å². The van der Waals surface area contributed by atoms with E-state index >= 15 is 0 Å². The third kappa shape index (κ3) is 3.78. The lowest BCUT2D eigenvalue weighted by Gasteiger charge is -2.42. The summed E-state index contributed by atoms with van der Waals surface area (Å²) < 4.78 is 5.91. The largest absolute Gasteiger partial charge is 0.370 e. The summed E-state index contributed by atoms with van der Waals surface area (Å²) >= 11 is 0. The zero-order valence-electron chi connectivity index (χ0n) is 14.5. The van der Waals surface area contributed by atoms with Crippen LogP contribution in [0.2, 0.25) is 0 Å². The summed E-state index contributed by atoms with van der Waals surface area (Å²) in [7, 11) is 0. The molecule has 2 saturated heterocycles. The molecule has 0 radical (unpaired) electrons. The molecular weight excluding hydrogens is 304 g/mol. The molecule has 0 N–H and O–H groups in total. The van der Waals surface area contributed by atoms with E-state index in [0.717, 1.165) is 19.4 Å². The predicted molar refractivity (Wildman–Crippen MR) is 91.3 cm³/mol. The summed E-state index contributed by atoms with van der Waals surface area (Å²) in [6.07, 6.45) is 1.92. The molecule has 2 fully saturated rings. The van der Waals surface area contributed by atoms with Crippen LogP contribution in [0.1, 0.15) is 30.9 Å². The van der Waals surface area contributed by atoms with Crippen molar-refractivity contribution in [3.8, 4) is 0 Å². The molecule has 0 aromatic heterocycles. The van der Waals surface area contributed by atoms with E-state index in [9.17, 15) is 9.59 Å². The number of nitrogens with zero attached hydrogens (tertiary/aromatic N) is 2. The number of piperidine rings is 1. The van der Waals surface area contributed by atoms with Crippen LogP contribution in [0, 0.1) is 12.8 Å². The molecule has 5 heteroatoms. The highest BCUT2D eigenvalue weighted by Crippen LogP contribution is 2.23. The zero-order chi connectivity index (χ0) is 17.1. The Morgan fingerprint density at radius 3 is 2.62 bits per heavy atom. The van der Waals surface area contributed by atoms with Crippen molar-refractivity contribution in [2.45, 2.75) is 39.4 Å². The van der Waals surface area contributed by atoms with Crippen LogP contribution in [0.3, 0.4) is 0 Å². The number of rotatable bonds is 4.